The van der Waals surface area contributed by atoms with Crippen LogP contribution >= 0.6 is 46.4 Å². The number of rotatable bonds is 19. The number of sulfonamides is 2. The number of hydrazine groups is 1. The Morgan fingerprint density at radius 3 is 1.63 bits per heavy atom. The highest BCUT2D eigenvalue weighted by molar-refractivity contribution is 7.92. The van der Waals surface area contributed by atoms with Crippen LogP contribution in [0.25, 0.3) is 29.5 Å². The lowest BCUT2D eigenvalue weighted by atomic mass is 9.85. The fourth-order valence-corrected chi connectivity index (χ4v) is 17.2. The van der Waals surface area contributed by atoms with Gasteiger partial charge in [-0.1, -0.05) is 164 Å². The molecule has 4 atom stereocenters. The molecule has 0 saturated carbocycles. The number of hydrogen-bond acceptors (Lipinski definition) is 10. The second-order valence-electron chi connectivity index (χ2n) is 27.3. The van der Waals surface area contributed by atoms with Gasteiger partial charge in [0, 0.05) is 91.0 Å². The lowest BCUT2D eigenvalue weighted by molar-refractivity contribution is 0.0743. The highest BCUT2D eigenvalue weighted by Crippen LogP contribution is 2.39. The number of halogens is 5. The van der Waals surface area contributed by atoms with Crippen LogP contribution in [0.2, 0.25) is 20.1 Å². The Kier molecular flexibility index (Phi) is 27.6. The Morgan fingerprint density at radius 2 is 1.10 bits per heavy atom. The van der Waals surface area contributed by atoms with E-state index in [4.69, 9.17) is 56.2 Å². The number of nitrogens with one attached hydrogen (secondary N) is 5. The van der Waals surface area contributed by atoms with E-state index in [1.54, 1.807) is 48.2 Å². The molecule has 2 unspecified atom stereocenters. The molecular formula is C81H91Cl4FN10O6S2. The van der Waals surface area contributed by atoms with Crippen molar-refractivity contribution < 1.29 is 30.8 Å². The third-order valence-electron chi connectivity index (χ3n) is 19.6. The standard InChI is InChI=1S/C28H29Cl2FN4O.C27H32ClN3O3S.C26H30ClN3O2S/c29-21-11-14-25(24(30)18-21)35-27-20(17-19-9-12-22(31)13-10-19)7-3-1-4-8-23(27)26(32-35)28(36)33-34-15-5-2-6-16-34;1-19(21-11-13-24(34-2)14-12-21)31-35(32,33)16-15-26-25-10-5-3-4-8-22(27(25)30-29-26)17-20-7-6-9-23(28)18-20;1-19(21-10-4-2-5-11-21)30-33(31,32)16-15-25-24-14-7-3-6-12-22(26(24)29-28-25)17-20-9-8-13-23(27)18-20/h9-14,17-18H,1-8,15-16H2,(H,33,36);6-7,9,11-16,18-19,22,31H,3-5,8,10,17H2,1-2H3,(H,29,30);2,4-5,8-11,13,15-16,18-19,22,30H,3,6-7,12,14,17H2,1H3,(H,28,29)/b20-17+;2*16-15+/t;2*19-,22?/m.00/s1. The quantitative estimate of drug-likeness (QED) is 0.0517. The number of ether oxygens (including phenoxy) is 1. The zero-order chi connectivity index (χ0) is 73.2. The van der Waals surface area contributed by atoms with E-state index in [0.29, 0.717) is 44.7 Å². The average molecular weight is 1530 g/mol. The number of aromatic nitrogens is 6. The maximum atomic E-state index is 13.6. The van der Waals surface area contributed by atoms with Gasteiger partial charge in [0.05, 0.1) is 34.9 Å². The molecule has 1 saturated heterocycles. The van der Waals surface area contributed by atoms with Gasteiger partial charge in [-0.3, -0.25) is 20.4 Å². The Bertz CT molecular complexity index is 4690. The predicted molar refractivity (Wildman–Crippen MR) is 419 cm³/mol. The number of hydrogen-bond donors (Lipinski definition) is 5. The summed E-state index contributed by atoms with van der Waals surface area (Å²) >= 11 is 25.2. The molecule has 4 aliphatic rings. The summed E-state index contributed by atoms with van der Waals surface area (Å²) in [4.78, 5) is 13.5. The topological polar surface area (TPSA) is 209 Å². The number of H-pyrrole nitrogens is 2. The Balaban J connectivity index is 0.000000156. The van der Waals surface area contributed by atoms with Gasteiger partial charge in [-0.25, -0.2) is 40.4 Å². The van der Waals surface area contributed by atoms with E-state index in [9.17, 15) is 26.0 Å². The molecule has 13 rings (SSSR count). The zero-order valence-corrected chi connectivity index (χ0v) is 63.7. The maximum absolute atomic E-state index is 13.6. The van der Waals surface area contributed by atoms with E-state index in [1.165, 1.54) is 46.9 Å². The van der Waals surface area contributed by atoms with Crippen molar-refractivity contribution in [2.75, 3.05) is 20.2 Å². The Hall–Kier alpha value is -7.69. The van der Waals surface area contributed by atoms with Crippen LogP contribution in [0, 0.1) is 5.82 Å². The van der Waals surface area contributed by atoms with Crippen LogP contribution in [-0.4, -0.2) is 78.1 Å². The smallest absolute Gasteiger partial charge is 0.286 e. The second kappa shape index (κ2) is 37.0. The molecule has 548 valence electrons. The molecule has 3 aromatic heterocycles. The third-order valence-corrected chi connectivity index (χ3v) is 23.0. The third kappa shape index (κ3) is 21.5. The molecule has 4 heterocycles. The molecule has 0 bridgehead atoms. The van der Waals surface area contributed by atoms with Gasteiger partial charge in [-0.2, -0.15) is 15.3 Å². The molecule has 3 aliphatic carbocycles. The lowest BCUT2D eigenvalue weighted by Crippen LogP contribution is -2.45. The summed E-state index contributed by atoms with van der Waals surface area (Å²) in [6, 6.07) is 43.9. The molecule has 6 aromatic carbocycles. The van der Waals surface area contributed by atoms with Gasteiger partial charge < -0.3 is 4.74 Å². The number of nitrogens with zero attached hydrogens (tertiary/aromatic N) is 5. The van der Waals surface area contributed by atoms with Crippen molar-refractivity contribution in [1.29, 1.82) is 0 Å². The van der Waals surface area contributed by atoms with Gasteiger partial charge in [0.1, 0.15) is 11.6 Å². The van der Waals surface area contributed by atoms with Gasteiger partial charge in [-0.05, 0) is 222 Å². The van der Waals surface area contributed by atoms with Crippen molar-refractivity contribution in [1.82, 2.24) is 50.1 Å². The first-order chi connectivity index (χ1) is 50.2. The summed E-state index contributed by atoms with van der Waals surface area (Å²) in [7, 11) is -5.67. The molecule has 1 amide bonds. The molecule has 16 nitrogen and oxygen atoms in total. The minimum atomic E-state index is -3.66. The van der Waals surface area contributed by atoms with Crippen molar-refractivity contribution in [3.63, 3.8) is 0 Å². The van der Waals surface area contributed by atoms with Gasteiger partial charge >= 0.3 is 0 Å². The number of allylic oxidation sites excluding steroid dienone is 1. The van der Waals surface area contributed by atoms with E-state index in [2.05, 4.69) is 53.5 Å². The average Bonchev–Trinajstić information content (AvgIpc) is 1.61. The Labute approximate surface area is 631 Å². The second-order valence-corrected chi connectivity index (χ2v) is 32.2. The number of methoxy groups -OCH3 is 1. The van der Waals surface area contributed by atoms with Crippen LogP contribution in [0.4, 0.5) is 4.39 Å². The number of fused-ring (bicyclic) bond motifs is 3. The molecule has 9 aromatic rings. The zero-order valence-electron chi connectivity index (χ0n) is 59.0. The van der Waals surface area contributed by atoms with Gasteiger partial charge in [0.2, 0.25) is 20.0 Å². The molecule has 0 spiro atoms. The van der Waals surface area contributed by atoms with Crippen molar-refractivity contribution in [3.8, 4) is 11.4 Å². The number of piperidine rings is 1. The van der Waals surface area contributed by atoms with Crippen LogP contribution in [0.5, 0.6) is 5.75 Å². The van der Waals surface area contributed by atoms with Crippen molar-refractivity contribution in [2.45, 2.75) is 166 Å². The van der Waals surface area contributed by atoms with Crippen molar-refractivity contribution >= 4 is 96.2 Å². The normalized spacial score (nSPS) is 17.8. The minimum absolute atomic E-state index is 0.196. The van der Waals surface area contributed by atoms with Crippen LogP contribution in [0.15, 0.2) is 156 Å². The molecule has 5 N–H and O–H groups in total. The monoisotopic (exact) mass is 1520 g/mol. The first-order valence-corrected chi connectivity index (χ1v) is 40.7. The Morgan fingerprint density at radius 1 is 0.587 bits per heavy atom. The maximum Gasteiger partial charge on any atom is 0.286 e. The van der Waals surface area contributed by atoms with Crippen LogP contribution < -0.4 is 19.6 Å². The van der Waals surface area contributed by atoms with E-state index in [1.807, 2.05) is 116 Å². The van der Waals surface area contributed by atoms with E-state index in [0.717, 1.165) is 200 Å². The molecular weight excluding hydrogens is 1430 g/mol. The summed E-state index contributed by atoms with van der Waals surface area (Å²) in [5, 5.41) is 27.2. The highest BCUT2D eigenvalue weighted by atomic mass is 35.5. The van der Waals surface area contributed by atoms with Crippen molar-refractivity contribution in [2.24, 2.45) is 0 Å². The summed E-state index contributed by atoms with van der Waals surface area (Å²) in [5.74, 6) is 0.862. The largest absolute Gasteiger partial charge is 0.497 e. The molecule has 0 radical (unpaired) electrons. The van der Waals surface area contributed by atoms with Gasteiger partial charge in [-0.15, -0.1) is 0 Å². The van der Waals surface area contributed by atoms with Crippen LogP contribution in [-0.2, 0) is 52.2 Å². The summed E-state index contributed by atoms with van der Waals surface area (Å²) in [5.41, 5.74) is 18.0. The van der Waals surface area contributed by atoms with E-state index < -0.39 is 20.0 Å². The summed E-state index contributed by atoms with van der Waals surface area (Å²) < 4.78 is 76.9. The van der Waals surface area contributed by atoms with Crippen LogP contribution in [0.1, 0.15) is 218 Å². The number of carbonyl (C=O) groups is 1. The number of amides is 1. The SMILES string of the molecule is COc1ccc([C@H](C)NS(=O)(=O)/C=C/c2n[nH]c3c2CCCCCC3Cc2cccc(Cl)c2)cc1.C[C@H](NS(=O)(=O)/C=C/c1n[nH]c2c1CCCCCC2Cc1cccc(Cl)c1)c1ccccc1.O=C(NN1CCCCC1)c1nn(-c2ccc(Cl)cc2Cl)c2c1CCCCC/C2=C\c1ccc(F)cc1. The van der Waals surface area contributed by atoms with Gasteiger partial charge in [0.25, 0.3) is 5.91 Å². The van der Waals surface area contributed by atoms with E-state index >= 15 is 0 Å². The molecule has 104 heavy (non-hydrogen) atoms. The number of carbonyl (C=O) groups excluding carboxylic acids is 1. The fraction of sp³-hybridized carbons (Fsp3) is 0.358. The predicted octanol–water partition coefficient (Wildman–Crippen LogP) is 19.4. The fourth-order valence-electron chi connectivity index (χ4n) is 14.3. The van der Waals surface area contributed by atoms with E-state index in [-0.39, 0.29) is 23.8 Å². The summed E-state index contributed by atoms with van der Waals surface area (Å²) in [6.07, 6.45) is 25.7. The number of aromatic amines is 2. The first kappa shape index (κ1) is 77.4. The molecule has 1 aliphatic heterocycles. The van der Waals surface area contributed by atoms with Crippen LogP contribution in [0.3, 0.4) is 0 Å². The van der Waals surface area contributed by atoms with Gasteiger partial charge in [0.15, 0.2) is 5.69 Å². The first-order valence-electron chi connectivity index (χ1n) is 36.1. The molecule has 1 fully saturated rings. The number of benzene rings is 6. The highest BCUT2D eigenvalue weighted by Gasteiger charge is 2.30. The lowest BCUT2D eigenvalue weighted by Gasteiger charge is -2.26. The summed E-state index contributed by atoms with van der Waals surface area (Å²) in [6.45, 7) is 5.34. The minimum Gasteiger partial charge on any atom is -0.497 e. The molecule has 23 heteroatoms. The van der Waals surface area contributed by atoms with Crippen molar-refractivity contribution in [3.05, 3.63) is 261 Å².